The zero-order chi connectivity index (χ0) is 25.4. The van der Waals surface area contributed by atoms with E-state index in [0.29, 0.717) is 17.1 Å². The predicted octanol–water partition coefficient (Wildman–Crippen LogP) is 3.84. The summed E-state index contributed by atoms with van der Waals surface area (Å²) in [5.41, 5.74) is 3.92. The highest BCUT2D eigenvalue weighted by Crippen LogP contribution is 2.38. The molecule has 0 aromatic heterocycles. The first-order chi connectivity index (χ1) is 16.9. The topological polar surface area (TPSA) is 106 Å². The lowest BCUT2D eigenvalue weighted by Crippen LogP contribution is -2.45. The molecule has 0 radical (unpaired) electrons. The number of carboxylic acid groups (broad SMARTS) is 1. The second kappa shape index (κ2) is 11.7. The van der Waals surface area contributed by atoms with Crippen LogP contribution in [-0.2, 0) is 20.8 Å². The number of aliphatic carboxylic acids is 1. The Bertz CT molecular complexity index is 1180. The summed E-state index contributed by atoms with van der Waals surface area (Å²) in [5.74, 6) is -0.476. The summed E-state index contributed by atoms with van der Waals surface area (Å²) in [4.78, 5) is 29.7. The lowest BCUT2D eigenvalue weighted by Gasteiger charge is -2.16. The van der Waals surface area contributed by atoms with E-state index < -0.39 is 17.9 Å². The van der Waals surface area contributed by atoms with Crippen molar-refractivity contribution in [3.63, 3.8) is 0 Å². The molecule has 0 saturated heterocycles. The van der Waals surface area contributed by atoms with Crippen LogP contribution in [-0.4, -0.2) is 50.1 Å². The van der Waals surface area contributed by atoms with Crippen LogP contribution in [0.3, 0.4) is 0 Å². The molecule has 3 rings (SSSR count). The third-order valence-corrected chi connectivity index (χ3v) is 5.44. The molecule has 0 heterocycles. The van der Waals surface area contributed by atoms with E-state index in [-0.39, 0.29) is 12.1 Å². The van der Waals surface area contributed by atoms with E-state index in [9.17, 15) is 14.7 Å². The van der Waals surface area contributed by atoms with E-state index >= 15 is 0 Å². The Balaban J connectivity index is 1.80. The summed E-state index contributed by atoms with van der Waals surface area (Å²) in [6.07, 6.45) is 0.0819. The number of nitrogens with one attached hydrogen (secondary N) is 1. The molecule has 0 bridgehead atoms. The van der Waals surface area contributed by atoms with Crippen molar-refractivity contribution in [1.82, 2.24) is 5.32 Å². The van der Waals surface area contributed by atoms with Gasteiger partial charge in [0.05, 0.1) is 19.8 Å². The van der Waals surface area contributed by atoms with E-state index in [2.05, 4.69) is 10.5 Å². The second-order valence-electron chi connectivity index (χ2n) is 7.79. The number of carbonyl (C=O) groups excluding carboxylic acids is 1. The molecule has 0 unspecified atom stereocenters. The zero-order valence-corrected chi connectivity index (χ0v) is 20.1. The van der Waals surface area contributed by atoms with Gasteiger partial charge in [-0.15, -0.1) is 0 Å². The minimum absolute atomic E-state index is 0.00244. The van der Waals surface area contributed by atoms with Gasteiger partial charge in [0.2, 0.25) is 0 Å². The first kappa shape index (κ1) is 25.3. The fourth-order valence-electron chi connectivity index (χ4n) is 3.63. The van der Waals surface area contributed by atoms with Crippen molar-refractivity contribution in [2.45, 2.75) is 19.4 Å². The molecule has 8 nitrogen and oxygen atoms in total. The quantitative estimate of drug-likeness (QED) is 0.340. The monoisotopic (exact) mass is 476 g/mol. The Morgan fingerprint density at radius 2 is 1.51 bits per heavy atom. The number of carboxylic acids is 1. The maximum atomic E-state index is 12.9. The Morgan fingerprint density at radius 3 is 2.03 bits per heavy atom. The maximum Gasteiger partial charge on any atom is 0.326 e. The Hall–Kier alpha value is -4.33. The summed E-state index contributed by atoms with van der Waals surface area (Å²) >= 11 is 0. The molecule has 3 aromatic rings. The van der Waals surface area contributed by atoms with Crippen molar-refractivity contribution in [2.24, 2.45) is 5.16 Å². The molecule has 0 spiro atoms. The van der Waals surface area contributed by atoms with Crippen LogP contribution < -0.4 is 14.8 Å². The SMILES string of the molecule is CO/N=C(/C(=O)N[C@@H](Cc1ccc(-c2c(OC)cccc2OC)cc1)C(=O)O)c1ccc(C)cc1. The highest BCUT2D eigenvalue weighted by Gasteiger charge is 2.24. The van der Waals surface area contributed by atoms with Gasteiger partial charge in [0.15, 0.2) is 5.71 Å². The van der Waals surface area contributed by atoms with Gasteiger partial charge in [0.1, 0.15) is 24.7 Å². The van der Waals surface area contributed by atoms with E-state index in [1.807, 2.05) is 61.5 Å². The normalized spacial score (nSPS) is 11.9. The van der Waals surface area contributed by atoms with Gasteiger partial charge < -0.3 is 24.7 Å². The fourth-order valence-corrected chi connectivity index (χ4v) is 3.63. The summed E-state index contributed by atoms with van der Waals surface area (Å²) in [7, 11) is 4.50. The van der Waals surface area contributed by atoms with Crippen LogP contribution in [0.25, 0.3) is 11.1 Å². The number of rotatable bonds is 10. The van der Waals surface area contributed by atoms with Crippen LogP contribution >= 0.6 is 0 Å². The van der Waals surface area contributed by atoms with Crippen LogP contribution in [0, 0.1) is 6.92 Å². The molecule has 0 aliphatic carbocycles. The molecule has 182 valence electrons. The zero-order valence-electron chi connectivity index (χ0n) is 20.1. The Morgan fingerprint density at radius 1 is 0.914 bits per heavy atom. The fraction of sp³-hybridized carbons (Fsp3) is 0.222. The van der Waals surface area contributed by atoms with Gasteiger partial charge in [-0.1, -0.05) is 65.3 Å². The lowest BCUT2D eigenvalue weighted by atomic mass is 9.99. The van der Waals surface area contributed by atoms with Gasteiger partial charge >= 0.3 is 5.97 Å². The number of hydrogen-bond acceptors (Lipinski definition) is 6. The minimum Gasteiger partial charge on any atom is -0.496 e. The maximum absolute atomic E-state index is 12.9. The number of ether oxygens (including phenoxy) is 2. The van der Waals surface area contributed by atoms with Gasteiger partial charge in [0, 0.05) is 12.0 Å². The summed E-state index contributed by atoms with van der Waals surface area (Å²) in [6, 6.07) is 18.8. The third-order valence-electron chi connectivity index (χ3n) is 5.44. The van der Waals surface area contributed by atoms with Crippen LogP contribution in [0.2, 0.25) is 0 Å². The van der Waals surface area contributed by atoms with Crippen LogP contribution in [0.4, 0.5) is 0 Å². The highest BCUT2D eigenvalue weighted by molar-refractivity contribution is 6.45. The van der Waals surface area contributed by atoms with Crippen LogP contribution in [0.5, 0.6) is 11.5 Å². The van der Waals surface area contributed by atoms with Gasteiger partial charge in [-0.25, -0.2) is 4.79 Å². The van der Waals surface area contributed by atoms with Crippen molar-refractivity contribution in [3.8, 4) is 22.6 Å². The van der Waals surface area contributed by atoms with Crippen molar-refractivity contribution in [1.29, 1.82) is 0 Å². The summed E-state index contributed by atoms with van der Waals surface area (Å²) < 4.78 is 10.9. The number of carbonyl (C=O) groups is 2. The van der Waals surface area contributed by atoms with Crippen molar-refractivity contribution in [2.75, 3.05) is 21.3 Å². The van der Waals surface area contributed by atoms with E-state index in [1.165, 1.54) is 7.11 Å². The van der Waals surface area contributed by atoms with Crippen molar-refractivity contribution in [3.05, 3.63) is 83.4 Å². The number of oxime groups is 1. The first-order valence-electron chi connectivity index (χ1n) is 10.9. The van der Waals surface area contributed by atoms with Gasteiger partial charge in [-0.05, 0) is 30.2 Å². The average Bonchev–Trinajstić information content (AvgIpc) is 2.87. The number of nitrogens with zero attached hydrogens (tertiary/aromatic N) is 1. The highest BCUT2D eigenvalue weighted by atomic mass is 16.6. The molecule has 1 amide bonds. The molecule has 3 aromatic carbocycles. The number of hydrogen-bond donors (Lipinski definition) is 2. The molecule has 0 aliphatic rings. The standard InChI is InChI=1S/C27H28N2O6/c1-17-8-12-20(13-9-17)25(29-35-4)26(30)28-21(27(31)32)16-18-10-14-19(15-11-18)24-22(33-2)6-5-7-23(24)34-3/h5-15,21H,16H2,1-4H3,(H,28,30)(H,31,32)/b29-25+/t21-/m0/s1. The molecule has 0 saturated carbocycles. The number of benzene rings is 3. The van der Waals surface area contributed by atoms with Crippen molar-refractivity contribution >= 4 is 17.6 Å². The molecule has 0 aliphatic heterocycles. The molecule has 1 atom stereocenters. The smallest absolute Gasteiger partial charge is 0.326 e. The molecule has 8 heteroatoms. The van der Waals surface area contributed by atoms with Gasteiger partial charge in [-0.3, -0.25) is 4.79 Å². The van der Waals surface area contributed by atoms with Crippen LogP contribution in [0.1, 0.15) is 16.7 Å². The van der Waals surface area contributed by atoms with Gasteiger partial charge in [-0.2, -0.15) is 0 Å². The molecular formula is C27H28N2O6. The number of amides is 1. The Kier molecular flexibility index (Phi) is 8.45. The predicted molar refractivity (Wildman–Crippen MR) is 133 cm³/mol. The second-order valence-corrected chi connectivity index (χ2v) is 7.79. The number of aryl methyl sites for hydroxylation is 1. The summed E-state index contributed by atoms with van der Waals surface area (Å²) in [5, 5.41) is 16.1. The Labute approximate surface area is 204 Å². The van der Waals surface area contributed by atoms with Gasteiger partial charge in [0.25, 0.3) is 5.91 Å². The summed E-state index contributed by atoms with van der Waals surface area (Å²) in [6.45, 7) is 1.92. The van der Waals surface area contributed by atoms with Crippen molar-refractivity contribution < 1.29 is 29.0 Å². The molecule has 35 heavy (non-hydrogen) atoms. The van der Waals surface area contributed by atoms with Crippen LogP contribution in [0.15, 0.2) is 71.9 Å². The van der Waals surface area contributed by atoms with E-state index in [1.54, 1.807) is 26.4 Å². The molecular weight excluding hydrogens is 448 g/mol. The largest absolute Gasteiger partial charge is 0.496 e. The lowest BCUT2D eigenvalue weighted by molar-refractivity contribution is -0.141. The van der Waals surface area contributed by atoms with E-state index in [0.717, 1.165) is 22.3 Å². The molecule has 0 fully saturated rings. The van der Waals surface area contributed by atoms with E-state index in [4.69, 9.17) is 14.3 Å². The number of methoxy groups -OCH3 is 2. The average molecular weight is 477 g/mol. The molecule has 2 N–H and O–H groups in total. The first-order valence-corrected chi connectivity index (χ1v) is 10.9. The minimum atomic E-state index is -1.17. The third kappa shape index (κ3) is 6.17.